The molecule has 180 valence electrons. The van der Waals surface area contributed by atoms with Gasteiger partial charge in [-0.2, -0.15) is 0 Å². The van der Waals surface area contributed by atoms with Crippen LogP contribution < -0.4 is 10.2 Å². The second kappa shape index (κ2) is 10.6. The Balaban J connectivity index is 1.34. The minimum atomic E-state index is -0.346. The van der Waals surface area contributed by atoms with Crippen LogP contribution in [0.1, 0.15) is 51.0 Å². The summed E-state index contributed by atoms with van der Waals surface area (Å²) in [7, 11) is 0. The van der Waals surface area contributed by atoms with E-state index in [4.69, 9.17) is 11.6 Å². The molecule has 2 aliphatic rings. The number of rotatable bonds is 6. The van der Waals surface area contributed by atoms with Crippen molar-refractivity contribution in [2.24, 2.45) is 11.8 Å². The molecule has 0 saturated carbocycles. The van der Waals surface area contributed by atoms with Gasteiger partial charge in [-0.25, -0.2) is 4.98 Å². The standard InChI is InChI=1S/C26H31ClN4O3/c1-3-17(2)21-6-4-5-7-22(21)31-16-19(14-24(31)32)26(34)30-12-10-18(11-13-30)25(33)29-23-9-8-20(27)15-28-23/h4-9,15,17-19H,3,10-14,16H2,1-2H3,(H,28,29,33). The van der Waals surface area contributed by atoms with Crippen molar-refractivity contribution in [2.75, 3.05) is 29.9 Å². The molecule has 0 bridgehead atoms. The van der Waals surface area contributed by atoms with Crippen LogP contribution in [0.3, 0.4) is 0 Å². The first-order chi connectivity index (χ1) is 16.4. The Kier molecular flexibility index (Phi) is 7.51. The summed E-state index contributed by atoms with van der Waals surface area (Å²) >= 11 is 5.84. The van der Waals surface area contributed by atoms with Crippen molar-refractivity contribution in [3.8, 4) is 0 Å². The third kappa shape index (κ3) is 5.25. The number of amides is 3. The molecular weight excluding hydrogens is 452 g/mol. The Labute approximate surface area is 205 Å². The highest BCUT2D eigenvalue weighted by Crippen LogP contribution is 2.34. The summed E-state index contributed by atoms with van der Waals surface area (Å²) in [5, 5.41) is 3.33. The van der Waals surface area contributed by atoms with Crippen LogP contribution in [-0.2, 0) is 14.4 Å². The van der Waals surface area contributed by atoms with Crippen molar-refractivity contribution in [1.82, 2.24) is 9.88 Å². The van der Waals surface area contributed by atoms with E-state index >= 15 is 0 Å². The minimum Gasteiger partial charge on any atom is -0.342 e. The molecule has 3 heterocycles. The fourth-order valence-corrected chi connectivity index (χ4v) is 4.89. The molecule has 2 atom stereocenters. The van der Waals surface area contributed by atoms with Crippen LogP contribution in [0.5, 0.6) is 0 Å². The molecule has 34 heavy (non-hydrogen) atoms. The molecule has 2 unspecified atom stereocenters. The van der Waals surface area contributed by atoms with Crippen LogP contribution in [-0.4, -0.2) is 47.2 Å². The van der Waals surface area contributed by atoms with Gasteiger partial charge in [0.2, 0.25) is 17.7 Å². The zero-order chi connectivity index (χ0) is 24.2. The number of piperidine rings is 1. The van der Waals surface area contributed by atoms with Gasteiger partial charge in [0.1, 0.15) is 5.82 Å². The lowest BCUT2D eigenvalue weighted by molar-refractivity contribution is -0.138. The lowest BCUT2D eigenvalue weighted by Crippen LogP contribution is -2.44. The number of likely N-dealkylation sites (tertiary alicyclic amines) is 1. The number of hydrogen-bond acceptors (Lipinski definition) is 4. The summed E-state index contributed by atoms with van der Waals surface area (Å²) in [5.41, 5.74) is 2.07. The molecule has 0 radical (unpaired) electrons. The van der Waals surface area contributed by atoms with Crippen LogP contribution in [0.15, 0.2) is 42.6 Å². The third-order valence-electron chi connectivity index (χ3n) is 7.00. The maximum absolute atomic E-state index is 13.2. The van der Waals surface area contributed by atoms with Crippen molar-refractivity contribution in [2.45, 2.75) is 45.4 Å². The highest BCUT2D eigenvalue weighted by atomic mass is 35.5. The number of anilines is 2. The fraction of sp³-hybridized carbons (Fsp3) is 0.462. The number of hydrogen-bond donors (Lipinski definition) is 1. The molecule has 4 rings (SSSR count). The molecule has 0 spiro atoms. The number of nitrogens with zero attached hydrogens (tertiary/aromatic N) is 3. The fourth-order valence-electron chi connectivity index (χ4n) is 4.77. The van der Waals surface area contributed by atoms with Crippen molar-refractivity contribution >= 4 is 40.8 Å². The number of halogens is 1. The lowest BCUT2D eigenvalue weighted by Gasteiger charge is -2.33. The summed E-state index contributed by atoms with van der Waals surface area (Å²) < 4.78 is 0. The molecule has 2 fully saturated rings. The zero-order valence-corrected chi connectivity index (χ0v) is 20.4. The Hall–Kier alpha value is -2.93. The van der Waals surface area contributed by atoms with Gasteiger partial charge in [-0.1, -0.05) is 43.6 Å². The molecule has 8 heteroatoms. The molecule has 0 aliphatic carbocycles. The molecule has 2 saturated heterocycles. The zero-order valence-electron chi connectivity index (χ0n) is 19.7. The van der Waals surface area contributed by atoms with Gasteiger partial charge in [0.15, 0.2) is 0 Å². The first-order valence-corrected chi connectivity index (χ1v) is 12.4. The van der Waals surface area contributed by atoms with Crippen LogP contribution in [0.2, 0.25) is 5.02 Å². The predicted molar refractivity (Wildman–Crippen MR) is 133 cm³/mol. The number of pyridine rings is 1. The smallest absolute Gasteiger partial charge is 0.228 e. The number of benzene rings is 1. The van der Waals surface area contributed by atoms with Gasteiger partial charge in [-0.15, -0.1) is 0 Å². The SMILES string of the molecule is CCC(C)c1ccccc1N1CC(C(=O)N2CCC(C(=O)Nc3ccc(Cl)cn3)CC2)CC1=O. The van der Waals surface area contributed by atoms with Crippen LogP contribution >= 0.6 is 11.6 Å². The van der Waals surface area contributed by atoms with Crippen LogP contribution in [0.25, 0.3) is 0 Å². The van der Waals surface area contributed by atoms with E-state index < -0.39 is 0 Å². The normalized spacial score (nSPS) is 19.9. The first kappa shape index (κ1) is 24.2. The average Bonchev–Trinajstić information content (AvgIpc) is 3.25. The molecule has 7 nitrogen and oxygen atoms in total. The number of carbonyl (C=O) groups is 3. The summed E-state index contributed by atoms with van der Waals surface area (Å²) in [6.07, 6.45) is 3.89. The van der Waals surface area contributed by atoms with Crippen molar-refractivity contribution < 1.29 is 14.4 Å². The van der Waals surface area contributed by atoms with E-state index in [9.17, 15) is 14.4 Å². The molecule has 2 aromatic rings. The first-order valence-electron chi connectivity index (χ1n) is 12.0. The Morgan fingerprint density at radius 3 is 2.56 bits per heavy atom. The number of carbonyl (C=O) groups excluding carboxylic acids is 3. The van der Waals surface area contributed by atoms with Gasteiger partial charge in [-0.05, 0) is 48.9 Å². The van der Waals surface area contributed by atoms with E-state index in [1.165, 1.54) is 6.20 Å². The monoisotopic (exact) mass is 482 g/mol. The van der Waals surface area contributed by atoms with Crippen molar-refractivity contribution in [3.05, 3.63) is 53.2 Å². The third-order valence-corrected chi connectivity index (χ3v) is 7.22. The van der Waals surface area contributed by atoms with E-state index in [1.54, 1.807) is 17.0 Å². The van der Waals surface area contributed by atoms with Crippen LogP contribution in [0.4, 0.5) is 11.5 Å². The molecular formula is C26H31ClN4O3. The van der Waals surface area contributed by atoms with Gasteiger partial charge in [0, 0.05) is 43.9 Å². The molecule has 2 aliphatic heterocycles. The highest BCUT2D eigenvalue weighted by Gasteiger charge is 2.39. The largest absolute Gasteiger partial charge is 0.342 e. The number of para-hydroxylation sites is 1. The molecule has 1 N–H and O–H groups in total. The number of nitrogens with one attached hydrogen (secondary N) is 1. The summed E-state index contributed by atoms with van der Waals surface area (Å²) in [5.74, 6) is 0.202. The van der Waals surface area contributed by atoms with E-state index in [1.807, 2.05) is 23.1 Å². The van der Waals surface area contributed by atoms with Gasteiger partial charge >= 0.3 is 0 Å². The van der Waals surface area contributed by atoms with Crippen molar-refractivity contribution in [1.29, 1.82) is 0 Å². The van der Waals surface area contributed by atoms with E-state index in [2.05, 4.69) is 30.2 Å². The quantitative estimate of drug-likeness (QED) is 0.658. The van der Waals surface area contributed by atoms with Gasteiger partial charge in [0.05, 0.1) is 10.9 Å². The Morgan fingerprint density at radius 2 is 1.88 bits per heavy atom. The lowest BCUT2D eigenvalue weighted by atomic mass is 9.94. The highest BCUT2D eigenvalue weighted by molar-refractivity contribution is 6.30. The van der Waals surface area contributed by atoms with Gasteiger partial charge in [-0.3, -0.25) is 14.4 Å². The maximum Gasteiger partial charge on any atom is 0.228 e. The summed E-state index contributed by atoms with van der Waals surface area (Å²) in [4.78, 5) is 46.4. The topological polar surface area (TPSA) is 82.6 Å². The minimum absolute atomic E-state index is 0.00108. The molecule has 3 amide bonds. The van der Waals surface area contributed by atoms with E-state index in [-0.39, 0.29) is 36.0 Å². The van der Waals surface area contributed by atoms with E-state index in [0.29, 0.717) is 49.2 Å². The Morgan fingerprint density at radius 1 is 1.15 bits per heavy atom. The van der Waals surface area contributed by atoms with Gasteiger partial charge in [0.25, 0.3) is 0 Å². The molecule has 1 aromatic carbocycles. The second-order valence-corrected chi connectivity index (χ2v) is 9.66. The predicted octanol–water partition coefficient (Wildman–Crippen LogP) is 4.48. The van der Waals surface area contributed by atoms with Gasteiger partial charge < -0.3 is 15.1 Å². The average molecular weight is 483 g/mol. The second-order valence-electron chi connectivity index (χ2n) is 9.22. The van der Waals surface area contributed by atoms with Crippen LogP contribution in [0, 0.1) is 11.8 Å². The maximum atomic E-state index is 13.2. The summed E-state index contributed by atoms with van der Waals surface area (Å²) in [6.45, 7) is 5.73. The summed E-state index contributed by atoms with van der Waals surface area (Å²) in [6, 6.07) is 11.3. The van der Waals surface area contributed by atoms with Crippen molar-refractivity contribution in [3.63, 3.8) is 0 Å². The Bertz CT molecular complexity index is 1050. The van der Waals surface area contributed by atoms with E-state index in [0.717, 1.165) is 17.7 Å². The molecule has 1 aromatic heterocycles. The number of aromatic nitrogens is 1.